The number of urea groups is 1. The number of nitrogens with one attached hydrogen (secondary N) is 2. The lowest BCUT2D eigenvalue weighted by atomic mass is 10.4. The van der Waals surface area contributed by atoms with Crippen molar-refractivity contribution in [2.24, 2.45) is 0 Å². The van der Waals surface area contributed by atoms with Gasteiger partial charge in [-0.15, -0.1) is 0 Å². The summed E-state index contributed by atoms with van der Waals surface area (Å²) in [5.41, 5.74) is 0.694. The lowest BCUT2D eigenvalue weighted by Crippen LogP contribution is -2.34. The molecule has 0 bridgehead atoms. The van der Waals surface area contributed by atoms with E-state index in [2.05, 4.69) is 20.2 Å². The largest absolute Gasteiger partial charge is 0.337 e. The summed E-state index contributed by atoms with van der Waals surface area (Å²) in [6, 6.07) is 3.26. The minimum atomic E-state index is -1.04. The highest BCUT2D eigenvalue weighted by atomic mass is 32.2. The van der Waals surface area contributed by atoms with Crippen LogP contribution in [0.2, 0.25) is 0 Å². The smallest absolute Gasteiger partial charge is 0.324 e. The molecule has 0 aromatic carbocycles. The van der Waals surface area contributed by atoms with E-state index in [9.17, 15) is 9.00 Å². The van der Waals surface area contributed by atoms with E-state index in [-0.39, 0.29) is 6.03 Å². The van der Waals surface area contributed by atoms with Crippen LogP contribution in [0.5, 0.6) is 0 Å². The monoisotopic (exact) mass is 274 g/mol. The minimum Gasteiger partial charge on any atom is -0.337 e. The van der Waals surface area contributed by atoms with Crippen LogP contribution in [0, 0.1) is 0 Å². The number of carbonyl (C=O) groups excluding carboxylic acids is 1. The Morgan fingerprint density at radius 2 is 2.41 bits per heavy atom. The van der Waals surface area contributed by atoms with Crippen molar-refractivity contribution >= 4 is 28.8 Å². The molecule has 0 saturated heterocycles. The van der Waals surface area contributed by atoms with Gasteiger partial charge in [-0.25, -0.2) is 4.79 Å². The van der Waals surface area contributed by atoms with Gasteiger partial charge in [-0.1, -0.05) is 11.9 Å². The van der Waals surface area contributed by atoms with Crippen molar-refractivity contribution in [2.75, 3.05) is 18.6 Å². The molecule has 17 heavy (non-hydrogen) atoms. The molecule has 0 aliphatic heterocycles. The fourth-order valence-corrected chi connectivity index (χ4v) is 2.27. The summed E-state index contributed by atoms with van der Waals surface area (Å²) in [6.07, 6.45) is 3.33. The van der Waals surface area contributed by atoms with E-state index in [1.54, 1.807) is 24.6 Å². The second-order valence-corrected chi connectivity index (χ2v) is 5.25. The fourth-order valence-electron chi connectivity index (χ4n) is 1.05. The predicted molar refractivity (Wildman–Crippen MR) is 68.8 cm³/mol. The van der Waals surface area contributed by atoms with E-state index >= 15 is 0 Å². The molecule has 1 heterocycles. The predicted octanol–water partition coefficient (Wildman–Crippen LogP) is 0.302. The van der Waals surface area contributed by atoms with E-state index in [1.807, 2.05) is 0 Å². The normalized spacial score (nSPS) is 11.8. The second kappa shape index (κ2) is 8.02. The molecule has 0 aliphatic carbocycles. The summed E-state index contributed by atoms with van der Waals surface area (Å²) in [5, 5.41) is 10.1. The van der Waals surface area contributed by atoms with Crippen LogP contribution in [0.25, 0.3) is 0 Å². The van der Waals surface area contributed by atoms with Gasteiger partial charge in [-0.05, 0) is 12.1 Å². The van der Waals surface area contributed by atoms with E-state index in [0.717, 1.165) is 0 Å². The molecule has 94 valence electrons. The summed E-state index contributed by atoms with van der Waals surface area (Å²) in [5.74, 6) is 0.762. The van der Waals surface area contributed by atoms with Gasteiger partial charge in [0.1, 0.15) is 0 Å². The van der Waals surface area contributed by atoms with Gasteiger partial charge in [0.05, 0.1) is 11.4 Å². The highest BCUT2D eigenvalue weighted by Gasteiger charge is 2.04. The Labute approximate surface area is 107 Å². The molecule has 8 heteroatoms. The Morgan fingerprint density at radius 3 is 3.06 bits per heavy atom. The average Bonchev–Trinajstić information content (AvgIpc) is 2.30. The zero-order valence-corrected chi connectivity index (χ0v) is 11.0. The zero-order valence-electron chi connectivity index (χ0n) is 9.38. The van der Waals surface area contributed by atoms with E-state index in [4.69, 9.17) is 0 Å². The maximum Gasteiger partial charge on any atom is 0.324 e. The number of nitrogens with zero attached hydrogens (tertiary/aromatic N) is 2. The number of carbonyl (C=O) groups is 1. The zero-order chi connectivity index (χ0) is 12.5. The van der Waals surface area contributed by atoms with Gasteiger partial charge in [0.2, 0.25) is 0 Å². The highest BCUT2D eigenvalue weighted by Crippen LogP contribution is 1.97. The Hall–Kier alpha value is -1.15. The van der Waals surface area contributed by atoms with Gasteiger partial charge in [0, 0.05) is 35.5 Å². The molecule has 2 amide bonds. The molecule has 0 radical (unpaired) electrons. The van der Waals surface area contributed by atoms with Gasteiger partial charge in [0.25, 0.3) is 0 Å². The van der Waals surface area contributed by atoms with Crippen molar-refractivity contribution in [1.29, 1.82) is 0 Å². The summed E-state index contributed by atoms with van der Waals surface area (Å²) in [7, 11) is -1.04. The molecule has 1 unspecified atom stereocenters. The first kappa shape index (κ1) is 13.9. The maximum atomic E-state index is 11.6. The number of rotatable bonds is 6. The summed E-state index contributed by atoms with van der Waals surface area (Å²) in [4.78, 5) is 11.0. The molecule has 0 spiro atoms. The standard InChI is InChI=1S/C9H14N4O2S2/c1-16-13-9(14)10-5-6-17(15)7-8-3-2-4-11-12-8/h2-4H,5-7H2,1H3,(H2,10,13,14). The van der Waals surface area contributed by atoms with Crippen molar-refractivity contribution in [3.05, 3.63) is 24.0 Å². The molecule has 0 aliphatic rings. The fraction of sp³-hybridized carbons (Fsp3) is 0.444. The van der Waals surface area contributed by atoms with Crippen LogP contribution in [-0.2, 0) is 16.6 Å². The van der Waals surface area contributed by atoms with Crippen molar-refractivity contribution in [2.45, 2.75) is 5.75 Å². The van der Waals surface area contributed by atoms with Gasteiger partial charge in [0.15, 0.2) is 0 Å². The quantitative estimate of drug-likeness (QED) is 0.729. The summed E-state index contributed by atoms with van der Waals surface area (Å²) < 4.78 is 14.1. The van der Waals surface area contributed by atoms with Crippen LogP contribution in [-0.4, -0.2) is 39.0 Å². The van der Waals surface area contributed by atoms with Gasteiger partial charge < -0.3 is 5.32 Å². The molecule has 1 aromatic rings. The Balaban J connectivity index is 2.20. The summed E-state index contributed by atoms with van der Waals surface area (Å²) in [6.45, 7) is 0.374. The van der Waals surface area contributed by atoms with Crippen molar-refractivity contribution in [3.8, 4) is 0 Å². The molecule has 1 rings (SSSR count). The number of hydrogen-bond acceptors (Lipinski definition) is 5. The topological polar surface area (TPSA) is 84.0 Å². The Bertz CT molecular complexity index is 375. The first-order chi connectivity index (χ1) is 8.22. The van der Waals surface area contributed by atoms with Gasteiger partial charge in [-0.3, -0.25) is 8.93 Å². The molecule has 6 nitrogen and oxygen atoms in total. The Morgan fingerprint density at radius 1 is 1.59 bits per heavy atom. The highest BCUT2D eigenvalue weighted by molar-refractivity contribution is 7.97. The molecule has 0 saturated carbocycles. The number of amides is 2. The third kappa shape index (κ3) is 6.22. The second-order valence-electron chi connectivity index (χ2n) is 3.07. The third-order valence-corrected chi connectivity index (χ3v) is 3.41. The molecule has 0 fully saturated rings. The van der Waals surface area contributed by atoms with Crippen molar-refractivity contribution < 1.29 is 9.00 Å². The molecule has 1 aromatic heterocycles. The van der Waals surface area contributed by atoms with Crippen LogP contribution in [0.4, 0.5) is 4.79 Å². The number of aromatic nitrogens is 2. The number of hydrogen-bond donors (Lipinski definition) is 2. The van der Waals surface area contributed by atoms with Crippen molar-refractivity contribution in [1.82, 2.24) is 20.2 Å². The third-order valence-electron chi connectivity index (χ3n) is 1.75. The first-order valence-electron chi connectivity index (χ1n) is 4.90. The molecular formula is C9H14N4O2S2. The maximum absolute atomic E-state index is 11.6. The average molecular weight is 274 g/mol. The van der Waals surface area contributed by atoms with Crippen LogP contribution < -0.4 is 10.0 Å². The molecular weight excluding hydrogens is 260 g/mol. The minimum absolute atomic E-state index is 0.269. The van der Waals surface area contributed by atoms with Crippen LogP contribution in [0.1, 0.15) is 5.69 Å². The van der Waals surface area contributed by atoms with E-state index in [1.165, 1.54) is 11.9 Å². The van der Waals surface area contributed by atoms with Gasteiger partial charge in [-0.2, -0.15) is 10.2 Å². The van der Waals surface area contributed by atoms with E-state index in [0.29, 0.717) is 23.7 Å². The van der Waals surface area contributed by atoms with E-state index < -0.39 is 10.8 Å². The van der Waals surface area contributed by atoms with Gasteiger partial charge >= 0.3 is 6.03 Å². The lowest BCUT2D eigenvalue weighted by molar-refractivity contribution is 0.247. The first-order valence-corrected chi connectivity index (χ1v) is 7.62. The lowest BCUT2D eigenvalue weighted by Gasteiger charge is -2.04. The van der Waals surface area contributed by atoms with Crippen LogP contribution in [0.3, 0.4) is 0 Å². The Kier molecular flexibility index (Phi) is 6.56. The van der Waals surface area contributed by atoms with Crippen LogP contribution >= 0.6 is 11.9 Å². The molecule has 2 N–H and O–H groups in total. The van der Waals surface area contributed by atoms with Crippen LogP contribution in [0.15, 0.2) is 18.3 Å². The SMILES string of the molecule is CSNC(=O)NCCS(=O)Cc1cccnn1. The van der Waals surface area contributed by atoms with Crippen molar-refractivity contribution in [3.63, 3.8) is 0 Å². The molecule has 1 atom stereocenters. The summed E-state index contributed by atoms with van der Waals surface area (Å²) >= 11 is 1.22.